The molecule has 0 heterocycles. The van der Waals surface area contributed by atoms with Crippen LogP contribution in [-0.4, -0.2) is 16.8 Å². The molecule has 0 aliphatic rings. The van der Waals surface area contributed by atoms with Crippen molar-refractivity contribution < 1.29 is 9.90 Å². The third-order valence-corrected chi connectivity index (χ3v) is 3.20. The molecule has 0 aromatic heterocycles. The van der Waals surface area contributed by atoms with Crippen LogP contribution in [0.3, 0.4) is 0 Å². The van der Waals surface area contributed by atoms with E-state index in [1.54, 1.807) is 11.8 Å². The quantitative estimate of drug-likeness (QED) is 0.448. The third-order valence-electron chi connectivity index (χ3n) is 2.10. The number of carboxylic acids is 1. The lowest BCUT2D eigenvalue weighted by Gasteiger charge is -2.02. The molecule has 0 spiro atoms. The zero-order valence-electron chi connectivity index (χ0n) is 9.19. The number of unbranched alkanes of at least 4 members (excludes halogenated alkanes) is 1. The summed E-state index contributed by atoms with van der Waals surface area (Å²) in [6.07, 6.45) is 4.20. The maximum Gasteiger partial charge on any atom is 0.307 e. The molecule has 0 saturated heterocycles. The molecule has 0 amide bonds. The maximum absolute atomic E-state index is 10.5. The van der Waals surface area contributed by atoms with Crippen LogP contribution in [-0.2, 0) is 11.2 Å². The summed E-state index contributed by atoms with van der Waals surface area (Å²) in [4.78, 5) is 11.7. The fourth-order valence-corrected chi connectivity index (χ4v) is 2.17. The summed E-state index contributed by atoms with van der Waals surface area (Å²) in [5.74, 6) is 0.288. The molecule has 0 saturated carbocycles. The molecule has 0 atom stereocenters. The van der Waals surface area contributed by atoms with Crippen LogP contribution in [0.15, 0.2) is 41.8 Å². The Bertz CT molecular complexity index is 343. The van der Waals surface area contributed by atoms with Gasteiger partial charge in [0.1, 0.15) is 0 Å². The minimum atomic E-state index is -0.786. The number of allylic oxidation sites excluding steroid dienone is 1. The second-order valence-electron chi connectivity index (χ2n) is 3.49. The molecule has 0 fully saturated rings. The average Bonchev–Trinajstić information content (AvgIpc) is 2.26. The summed E-state index contributed by atoms with van der Waals surface area (Å²) in [5, 5.41) is 8.62. The Labute approximate surface area is 100 Å². The van der Waals surface area contributed by atoms with Gasteiger partial charge in [0.2, 0.25) is 0 Å². The molecule has 0 bridgehead atoms. The maximum atomic E-state index is 10.5. The second-order valence-corrected chi connectivity index (χ2v) is 4.66. The van der Waals surface area contributed by atoms with Gasteiger partial charge in [-0.2, -0.15) is 0 Å². The van der Waals surface area contributed by atoms with Crippen LogP contribution in [0.5, 0.6) is 0 Å². The predicted molar refractivity (Wildman–Crippen MR) is 67.9 cm³/mol. The van der Waals surface area contributed by atoms with Crippen LogP contribution in [0.1, 0.15) is 18.4 Å². The summed E-state index contributed by atoms with van der Waals surface area (Å²) in [5.41, 5.74) is 0.850. The van der Waals surface area contributed by atoms with Crippen LogP contribution in [0.4, 0.5) is 0 Å². The number of benzene rings is 1. The zero-order valence-corrected chi connectivity index (χ0v) is 10.0. The summed E-state index contributed by atoms with van der Waals surface area (Å²) < 4.78 is 0. The first-order valence-corrected chi connectivity index (χ1v) is 6.25. The SMILES string of the molecule is C=CCCCSc1ccc(CC(=O)O)cc1. The Hall–Kier alpha value is -1.22. The van der Waals surface area contributed by atoms with Gasteiger partial charge in [-0.25, -0.2) is 0 Å². The Kier molecular flexibility index (Phi) is 5.72. The van der Waals surface area contributed by atoms with Gasteiger partial charge < -0.3 is 5.11 Å². The standard InChI is InChI=1S/C13H16O2S/c1-2-3-4-9-16-12-7-5-11(6-8-12)10-13(14)15/h2,5-8H,1,3-4,9-10H2,(H,14,15). The van der Waals surface area contributed by atoms with Gasteiger partial charge >= 0.3 is 5.97 Å². The van der Waals surface area contributed by atoms with Crippen LogP contribution >= 0.6 is 11.8 Å². The first kappa shape index (κ1) is 12.8. The summed E-state index contributed by atoms with van der Waals surface area (Å²) in [7, 11) is 0. The number of carboxylic acid groups (broad SMARTS) is 1. The van der Waals surface area contributed by atoms with E-state index in [1.165, 1.54) is 4.90 Å². The molecule has 0 unspecified atom stereocenters. The van der Waals surface area contributed by atoms with Crippen molar-refractivity contribution in [1.82, 2.24) is 0 Å². The van der Waals surface area contributed by atoms with E-state index in [0.29, 0.717) is 0 Å². The molecule has 86 valence electrons. The van der Waals surface area contributed by atoms with Crippen LogP contribution in [0.2, 0.25) is 0 Å². The van der Waals surface area contributed by atoms with Gasteiger partial charge in [0.15, 0.2) is 0 Å². The molecule has 16 heavy (non-hydrogen) atoms. The monoisotopic (exact) mass is 236 g/mol. The Balaban J connectivity index is 2.38. The molecule has 1 rings (SSSR count). The van der Waals surface area contributed by atoms with Crippen molar-refractivity contribution in [3.8, 4) is 0 Å². The highest BCUT2D eigenvalue weighted by atomic mass is 32.2. The Morgan fingerprint density at radius 2 is 2.06 bits per heavy atom. The zero-order chi connectivity index (χ0) is 11.8. The first-order chi connectivity index (χ1) is 7.72. The van der Waals surface area contributed by atoms with Crippen molar-refractivity contribution in [2.75, 3.05) is 5.75 Å². The van der Waals surface area contributed by atoms with Crippen molar-refractivity contribution in [2.24, 2.45) is 0 Å². The average molecular weight is 236 g/mol. The fourth-order valence-electron chi connectivity index (χ4n) is 1.30. The molecule has 0 aliphatic heterocycles. The van der Waals surface area contributed by atoms with E-state index in [9.17, 15) is 4.79 Å². The topological polar surface area (TPSA) is 37.3 Å². The van der Waals surface area contributed by atoms with E-state index in [4.69, 9.17) is 5.11 Å². The number of hydrogen-bond donors (Lipinski definition) is 1. The molecular weight excluding hydrogens is 220 g/mol. The van der Waals surface area contributed by atoms with Gasteiger partial charge in [-0.15, -0.1) is 18.3 Å². The molecule has 2 nitrogen and oxygen atoms in total. The van der Waals surface area contributed by atoms with Crippen molar-refractivity contribution in [3.63, 3.8) is 0 Å². The summed E-state index contributed by atoms with van der Waals surface area (Å²) >= 11 is 1.79. The Morgan fingerprint density at radius 3 is 2.62 bits per heavy atom. The largest absolute Gasteiger partial charge is 0.481 e. The molecular formula is C13H16O2S. The Morgan fingerprint density at radius 1 is 1.38 bits per heavy atom. The molecule has 0 aliphatic carbocycles. The van der Waals surface area contributed by atoms with E-state index in [2.05, 4.69) is 6.58 Å². The number of thioether (sulfide) groups is 1. The minimum Gasteiger partial charge on any atom is -0.481 e. The summed E-state index contributed by atoms with van der Waals surface area (Å²) in [6.45, 7) is 3.68. The van der Waals surface area contributed by atoms with E-state index < -0.39 is 5.97 Å². The van der Waals surface area contributed by atoms with Gasteiger partial charge in [0.25, 0.3) is 0 Å². The highest BCUT2D eigenvalue weighted by Crippen LogP contribution is 2.19. The van der Waals surface area contributed by atoms with Gasteiger partial charge in [-0.05, 0) is 36.3 Å². The molecule has 1 aromatic rings. The smallest absolute Gasteiger partial charge is 0.307 e. The molecule has 0 radical (unpaired) electrons. The van der Waals surface area contributed by atoms with Gasteiger partial charge in [0, 0.05) is 4.90 Å². The first-order valence-electron chi connectivity index (χ1n) is 5.27. The van der Waals surface area contributed by atoms with Gasteiger partial charge in [-0.1, -0.05) is 18.2 Å². The van der Waals surface area contributed by atoms with E-state index in [0.717, 1.165) is 24.2 Å². The van der Waals surface area contributed by atoms with E-state index in [-0.39, 0.29) is 6.42 Å². The minimum absolute atomic E-state index is 0.0986. The van der Waals surface area contributed by atoms with Gasteiger partial charge in [0.05, 0.1) is 6.42 Å². The van der Waals surface area contributed by atoms with Crippen molar-refractivity contribution in [2.45, 2.75) is 24.2 Å². The lowest BCUT2D eigenvalue weighted by Crippen LogP contribution is -1.99. The van der Waals surface area contributed by atoms with Crippen molar-refractivity contribution in [3.05, 3.63) is 42.5 Å². The summed E-state index contributed by atoms with van der Waals surface area (Å²) in [6, 6.07) is 7.72. The predicted octanol–water partition coefficient (Wildman–Crippen LogP) is 3.37. The number of hydrogen-bond acceptors (Lipinski definition) is 2. The number of aliphatic carboxylic acids is 1. The van der Waals surface area contributed by atoms with Gasteiger partial charge in [-0.3, -0.25) is 4.79 Å². The second kappa shape index (κ2) is 7.12. The van der Waals surface area contributed by atoms with Crippen LogP contribution in [0, 0.1) is 0 Å². The highest BCUT2D eigenvalue weighted by molar-refractivity contribution is 7.99. The lowest BCUT2D eigenvalue weighted by molar-refractivity contribution is -0.136. The fraction of sp³-hybridized carbons (Fsp3) is 0.308. The molecule has 1 N–H and O–H groups in total. The van der Waals surface area contributed by atoms with Crippen LogP contribution in [0.25, 0.3) is 0 Å². The van der Waals surface area contributed by atoms with Crippen molar-refractivity contribution >= 4 is 17.7 Å². The number of rotatable bonds is 7. The van der Waals surface area contributed by atoms with E-state index >= 15 is 0 Å². The highest BCUT2D eigenvalue weighted by Gasteiger charge is 2.00. The van der Waals surface area contributed by atoms with E-state index in [1.807, 2.05) is 30.3 Å². The normalized spacial score (nSPS) is 10.0. The number of carbonyl (C=O) groups is 1. The molecule has 3 heteroatoms. The third kappa shape index (κ3) is 5.03. The lowest BCUT2D eigenvalue weighted by atomic mass is 10.2. The van der Waals surface area contributed by atoms with Crippen molar-refractivity contribution in [1.29, 1.82) is 0 Å². The van der Waals surface area contributed by atoms with Crippen LogP contribution < -0.4 is 0 Å². The molecule has 1 aromatic carbocycles.